The third kappa shape index (κ3) is 1.51. The van der Waals surface area contributed by atoms with Gasteiger partial charge in [0.15, 0.2) is 0 Å². The van der Waals surface area contributed by atoms with Crippen LogP contribution in [0.4, 0.5) is 0 Å². The molecule has 0 heterocycles. The van der Waals surface area contributed by atoms with Crippen molar-refractivity contribution in [2.24, 2.45) is 0 Å². The van der Waals surface area contributed by atoms with E-state index in [0.717, 1.165) is 0 Å². The van der Waals surface area contributed by atoms with Gasteiger partial charge in [-0.1, -0.05) is 11.5 Å². The molecule has 54 valence electrons. The second-order valence-electron chi connectivity index (χ2n) is 2.12. The fraction of sp³-hybridized carbons (Fsp3) is 0. The zero-order chi connectivity index (χ0) is 8.27. The second kappa shape index (κ2) is 3.08. The van der Waals surface area contributed by atoms with Crippen molar-refractivity contribution in [3.8, 4) is 11.8 Å². The topological polar surface area (TPSA) is 64.2 Å². The summed E-state index contributed by atoms with van der Waals surface area (Å²) in [4.78, 5) is 0. The number of hydrogen-bond donors (Lipinski definition) is 2. The fourth-order valence-electron chi connectivity index (χ4n) is 0.771. The van der Waals surface area contributed by atoms with Gasteiger partial charge in [0.25, 0.3) is 0 Å². The van der Waals surface area contributed by atoms with Crippen molar-refractivity contribution in [2.75, 3.05) is 0 Å². The van der Waals surface area contributed by atoms with Crippen molar-refractivity contribution in [3.05, 3.63) is 23.8 Å². The van der Waals surface area contributed by atoms with Gasteiger partial charge >= 0.3 is 7.48 Å². The monoisotopic (exact) mass is 147 g/mol. The van der Waals surface area contributed by atoms with Crippen LogP contribution in [0.5, 0.6) is 5.75 Å². The van der Waals surface area contributed by atoms with E-state index >= 15 is 0 Å². The Bertz CT molecular complexity index is 306. The molecule has 0 saturated heterocycles. The molecule has 0 atom stereocenters. The summed E-state index contributed by atoms with van der Waals surface area (Å²) in [5.41, 5.74) is 0.816. The van der Waals surface area contributed by atoms with Gasteiger partial charge in [-0.05, 0) is 12.1 Å². The molecule has 0 fully saturated rings. The molecule has 0 aliphatic rings. The molecule has 3 nitrogen and oxygen atoms in total. The maximum Gasteiger partial charge on any atom is 0.304 e. The highest BCUT2D eigenvalue weighted by Crippen LogP contribution is 2.11. The standard InChI is InChI=1S/C7H6BNO2/c9-4-5-3-6(8-11)1-2-7(5)10/h1-3,8,10-11H. The molecule has 1 aromatic carbocycles. The van der Waals surface area contributed by atoms with Crippen molar-refractivity contribution in [1.82, 2.24) is 0 Å². The fourth-order valence-corrected chi connectivity index (χ4v) is 0.771. The first-order valence-electron chi connectivity index (χ1n) is 3.11. The summed E-state index contributed by atoms with van der Waals surface area (Å²) < 4.78 is 0. The lowest BCUT2D eigenvalue weighted by molar-refractivity contribution is 0.473. The van der Waals surface area contributed by atoms with E-state index in [1.165, 1.54) is 12.1 Å². The highest BCUT2D eigenvalue weighted by molar-refractivity contribution is 6.45. The van der Waals surface area contributed by atoms with Crippen LogP contribution in [0.1, 0.15) is 5.56 Å². The van der Waals surface area contributed by atoms with Gasteiger partial charge < -0.3 is 10.1 Å². The Morgan fingerprint density at radius 2 is 2.18 bits per heavy atom. The molecule has 0 amide bonds. The smallest absolute Gasteiger partial charge is 0.304 e. The largest absolute Gasteiger partial charge is 0.507 e. The number of aromatic hydroxyl groups is 1. The van der Waals surface area contributed by atoms with Gasteiger partial charge in [0.2, 0.25) is 0 Å². The van der Waals surface area contributed by atoms with Gasteiger partial charge in [-0.15, -0.1) is 0 Å². The van der Waals surface area contributed by atoms with E-state index in [9.17, 15) is 0 Å². The van der Waals surface area contributed by atoms with Gasteiger partial charge in [0.1, 0.15) is 11.8 Å². The minimum absolute atomic E-state index is 0.0512. The van der Waals surface area contributed by atoms with Crippen molar-refractivity contribution < 1.29 is 10.1 Å². The van der Waals surface area contributed by atoms with E-state index in [-0.39, 0.29) is 18.8 Å². The van der Waals surface area contributed by atoms with Gasteiger partial charge in [-0.2, -0.15) is 5.26 Å². The van der Waals surface area contributed by atoms with Crippen LogP contribution in [-0.2, 0) is 0 Å². The quantitative estimate of drug-likeness (QED) is 0.512. The summed E-state index contributed by atoms with van der Waals surface area (Å²) in [7, 11) is -0.116. The lowest BCUT2D eigenvalue weighted by Crippen LogP contribution is -2.12. The molecule has 4 heteroatoms. The number of hydrogen-bond acceptors (Lipinski definition) is 3. The van der Waals surface area contributed by atoms with Crippen LogP contribution in [0.15, 0.2) is 18.2 Å². The third-order valence-corrected chi connectivity index (χ3v) is 1.36. The van der Waals surface area contributed by atoms with E-state index in [1.807, 2.05) is 6.07 Å². The molecule has 11 heavy (non-hydrogen) atoms. The van der Waals surface area contributed by atoms with Crippen LogP contribution in [0.3, 0.4) is 0 Å². The van der Waals surface area contributed by atoms with Crippen molar-refractivity contribution in [3.63, 3.8) is 0 Å². The Kier molecular flexibility index (Phi) is 2.14. The Morgan fingerprint density at radius 3 is 2.73 bits per heavy atom. The lowest BCUT2D eigenvalue weighted by atomic mass is 9.87. The van der Waals surface area contributed by atoms with Crippen molar-refractivity contribution in [1.29, 1.82) is 5.26 Å². The number of phenols is 1. The highest BCUT2D eigenvalue weighted by Gasteiger charge is 2.00. The molecule has 0 saturated carbocycles. The van der Waals surface area contributed by atoms with Crippen LogP contribution in [0.25, 0.3) is 0 Å². The maximum absolute atomic E-state index is 9.03. The number of benzene rings is 1. The molecule has 2 N–H and O–H groups in total. The zero-order valence-corrected chi connectivity index (χ0v) is 5.78. The van der Waals surface area contributed by atoms with E-state index in [4.69, 9.17) is 15.4 Å². The number of nitrogens with zero attached hydrogens (tertiary/aromatic N) is 1. The minimum Gasteiger partial charge on any atom is -0.507 e. The average molecular weight is 147 g/mol. The summed E-state index contributed by atoms with van der Waals surface area (Å²) in [5.74, 6) is -0.0512. The molecular formula is C7H6BNO2. The van der Waals surface area contributed by atoms with Crippen molar-refractivity contribution >= 4 is 12.9 Å². The molecule has 0 aromatic heterocycles. The van der Waals surface area contributed by atoms with E-state index in [2.05, 4.69) is 0 Å². The molecule has 0 radical (unpaired) electrons. The van der Waals surface area contributed by atoms with Gasteiger partial charge in [-0.25, -0.2) is 0 Å². The average Bonchev–Trinajstić information content (AvgIpc) is 2.05. The second-order valence-corrected chi connectivity index (χ2v) is 2.12. The van der Waals surface area contributed by atoms with Gasteiger partial charge in [0.05, 0.1) is 5.56 Å². The first kappa shape index (κ1) is 7.64. The van der Waals surface area contributed by atoms with E-state index < -0.39 is 0 Å². The number of nitriles is 1. The summed E-state index contributed by atoms with van der Waals surface area (Å²) >= 11 is 0. The van der Waals surface area contributed by atoms with E-state index in [0.29, 0.717) is 5.46 Å². The van der Waals surface area contributed by atoms with E-state index in [1.54, 1.807) is 6.07 Å². The molecule has 1 aromatic rings. The molecule has 0 unspecified atom stereocenters. The molecule has 0 spiro atoms. The Hall–Kier alpha value is -1.47. The first-order chi connectivity index (χ1) is 5.27. The predicted molar refractivity (Wildman–Crippen MR) is 41.8 cm³/mol. The van der Waals surface area contributed by atoms with Crippen LogP contribution >= 0.6 is 0 Å². The lowest BCUT2D eigenvalue weighted by Gasteiger charge is -1.96. The van der Waals surface area contributed by atoms with Crippen LogP contribution in [-0.4, -0.2) is 17.6 Å². The Labute approximate surface area is 64.8 Å². The SMILES string of the molecule is N#Cc1cc(BO)ccc1O. The minimum atomic E-state index is -0.116. The zero-order valence-electron chi connectivity index (χ0n) is 5.78. The molecule has 1 rings (SSSR count). The Morgan fingerprint density at radius 1 is 1.45 bits per heavy atom. The Balaban J connectivity index is 3.15. The molecule has 0 bridgehead atoms. The van der Waals surface area contributed by atoms with Gasteiger partial charge in [-0.3, -0.25) is 0 Å². The first-order valence-corrected chi connectivity index (χ1v) is 3.11. The predicted octanol–water partition coefficient (Wildman–Crippen LogP) is -0.767. The normalized spacial score (nSPS) is 8.73. The highest BCUT2D eigenvalue weighted by atomic mass is 16.3. The molecular weight excluding hydrogens is 141 g/mol. The summed E-state index contributed by atoms with van der Waals surface area (Å²) in [6, 6.07) is 6.22. The van der Waals surface area contributed by atoms with Gasteiger partial charge in [0, 0.05) is 0 Å². The summed E-state index contributed by atoms with van der Waals surface area (Å²) in [5, 5.41) is 26.1. The number of phenolic OH excluding ortho intramolecular Hbond substituents is 1. The van der Waals surface area contributed by atoms with Crippen LogP contribution in [0, 0.1) is 11.3 Å². The summed E-state index contributed by atoms with van der Waals surface area (Å²) in [6.45, 7) is 0. The van der Waals surface area contributed by atoms with Crippen molar-refractivity contribution in [2.45, 2.75) is 0 Å². The molecule has 0 aliphatic heterocycles. The van der Waals surface area contributed by atoms with Crippen LogP contribution < -0.4 is 5.46 Å². The molecule has 0 aliphatic carbocycles. The number of rotatable bonds is 1. The third-order valence-electron chi connectivity index (χ3n) is 1.36. The van der Waals surface area contributed by atoms with Crippen LogP contribution in [0.2, 0.25) is 0 Å². The maximum atomic E-state index is 9.03. The summed E-state index contributed by atoms with van der Waals surface area (Å²) in [6.07, 6.45) is 0.